The fourth-order valence-corrected chi connectivity index (χ4v) is 4.09. The number of fused-ring (bicyclic) bond motifs is 1. The van der Waals surface area contributed by atoms with E-state index in [0.29, 0.717) is 4.31 Å². The van der Waals surface area contributed by atoms with Crippen LogP contribution in [0.2, 0.25) is 0 Å². The van der Waals surface area contributed by atoms with Gasteiger partial charge in [-0.05, 0) is 18.2 Å². The minimum Gasteiger partial charge on any atom is -0.480 e. The number of aliphatic hydroxyl groups excluding tert-OH is 1. The highest BCUT2D eigenvalue weighted by molar-refractivity contribution is 7.89. The Labute approximate surface area is 124 Å². The second-order valence-electron chi connectivity index (χ2n) is 5.07. The number of carbonyl (C=O) groups is 1. The Morgan fingerprint density at radius 2 is 2.09 bits per heavy atom. The highest BCUT2D eigenvalue weighted by atomic mass is 32.2. The first-order chi connectivity index (χ1) is 10.3. The van der Waals surface area contributed by atoms with E-state index in [4.69, 9.17) is 9.52 Å². The average Bonchev–Trinajstić information content (AvgIpc) is 3.02. The van der Waals surface area contributed by atoms with E-state index >= 15 is 0 Å². The van der Waals surface area contributed by atoms with Crippen molar-refractivity contribution in [2.24, 2.45) is 0 Å². The van der Waals surface area contributed by atoms with Gasteiger partial charge >= 0.3 is 5.97 Å². The standard InChI is InChI=1S/C13H12FNO6S/c14-8-1-2-11-7(3-8)4-12(21-11)22(19,20)15-6-9(16)5-10(15)13(17)18/h1-4,9-10,16H,5-6H2,(H,17,18)/t9-,10+/m1/s1. The van der Waals surface area contributed by atoms with Crippen molar-refractivity contribution >= 4 is 27.0 Å². The molecule has 1 saturated heterocycles. The minimum absolute atomic E-state index is 0.173. The summed E-state index contributed by atoms with van der Waals surface area (Å²) in [5.74, 6) is -1.89. The summed E-state index contributed by atoms with van der Waals surface area (Å²) in [6.45, 7) is -0.329. The van der Waals surface area contributed by atoms with Gasteiger partial charge in [0.2, 0.25) is 5.09 Å². The van der Waals surface area contributed by atoms with Crippen molar-refractivity contribution in [3.05, 3.63) is 30.1 Å². The summed E-state index contributed by atoms with van der Waals surface area (Å²) >= 11 is 0. The normalized spacial score (nSPS) is 23.2. The van der Waals surface area contributed by atoms with Gasteiger partial charge in [0, 0.05) is 24.4 Å². The van der Waals surface area contributed by atoms with Crippen molar-refractivity contribution in [2.45, 2.75) is 23.7 Å². The second-order valence-corrected chi connectivity index (χ2v) is 6.89. The molecule has 0 saturated carbocycles. The molecule has 7 nitrogen and oxygen atoms in total. The number of carboxylic acid groups (broad SMARTS) is 1. The molecule has 2 atom stereocenters. The summed E-state index contributed by atoms with van der Waals surface area (Å²) in [5, 5.41) is 18.4. The number of carboxylic acids is 1. The van der Waals surface area contributed by atoms with Gasteiger partial charge in [0.25, 0.3) is 10.0 Å². The third-order valence-electron chi connectivity index (χ3n) is 3.54. The molecule has 0 radical (unpaired) electrons. The van der Waals surface area contributed by atoms with E-state index in [1.807, 2.05) is 0 Å². The first kappa shape index (κ1) is 14.9. The van der Waals surface area contributed by atoms with E-state index in [1.54, 1.807) is 0 Å². The summed E-state index contributed by atoms with van der Waals surface area (Å²) < 4.78 is 44.1. The lowest BCUT2D eigenvalue weighted by atomic mass is 10.2. The molecular formula is C13H12FNO6S. The smallest absolute Gasteiger partial charge is 0.322 e. The summed E-state index contributed by atoms with van der Waals surface area (Å²) in [7, 11) is -4.24. The zero-order chi connectivity index (χ0) is 16.1. The Morgan fingerprint density at radius 1 is 1.36 bits per heavy atom. The van der Waals surface area contributed by atoms with Crippen molar-refractivity contribution in [2.75, 3.05) is 6.54 Å². The van der Waals surface area contributed by atoms with Gasteiger partial charge in [-0.2, -0.15) is 4.31 Å². The number of furan rings is 1. The summed E-state index contributed by atoms with van der Waals surface area (Å²) in [6.07, 6.45) is -1.25. The predicted octanol–water partition coefficient (Wildman–Crippen LogP) is 0.780. The van der Waals surface area contributed by atoms with Crippen LogP contribution in [0.5, 0.6) is 0 Å². The predicted molar refractivity (Wildman–Crippen MR) is 72.1 cm³/mol. The quantitative estimate of drug-likeness (QED) is 0.861. The van der Waals surface area contributed by atoms with Gasteiger partial charge in [0.05, 0.1) is 6.10 Å². The lowest BCUT2D eigenvalue weighted by Crippen LogP contribution is -2.40. The maximum Gasteiger partial charge on any atom is 0.322 e. The summed E-state index contributed by atoms with van der Waals surface area (Å²) in [6, 6.07) is 3.31. The molecule has 0 bridgehead atoms. The number of rotatable bonds is 3. The molecule has 1 aliphatic rings. The van der Waals surface area contributed by atoms with Gasteiger partial charge in [-0.3, -0.25) is 4.79 Å². The molecule has 2 heterocycles. The van der Waals surface area contributed by atoms with Crippen LogP contribution in [-0.2, 0) is 14.8 Å². The van der Waals surface area contributed by atoms with Gasteiger partial charge in [-0.25, -0.2) is 12.8 Å². The number of sulfonamides is 1. The fraction of sp³-hybridized carbons (Fsp3) is 0.308. The monoisotopic (exact) mass is 329 g/mol. The van der Waals surface area contributed by atoms with Crippen LogP contribution in [-0.4, -0.2) is 47.6 Å². The molecule has 0 amide bonds. The molecule has 0 unspecified atom stereocenters. The Morgan fingerprint density at radius 3 is 2.77 bits per heavy atom. The molecule has 1 aromatic carbocycles. The Bertz CT molecular complexity index is 845. The molecule has 0 aliphatic carbocycles. The molecule has 0 spiro atoms. The van der Waals surface area contributed by atoms with E-state index < -0.39 is 39.0 Å². The maximum atomic E-state index is 13.2. The third kappa shape index (κ3) is 2.36. The topological polar surface area (TPSA) is 108 Å². The molecule has 2 aromatic rings. The molecule has 1 aliphatic heterocycles. The van der Waals surface area contributed by atoms with E-state index in [1.165, 1.54) is 6.07 Å². The van der Waals surface area contributed by atoms with Crippen LogP contribution in [0, 0.1) is 5.82 Å². The lowest BCUT2D eigenvalue weighted by molar-refractivity contribution is -0.140. The van der Waals surface area contributed by atoms with Crippen LogP contribution >= 0.6 is 0 Å². The van der Waals surface area contributed by atoms with Crippen molar-refractivity contribution < 1.29 is 32.2 Å². The van der Waals surface area contributed by atoms with Gasteiger partial charge in [-0.1, -0.05) is 0 Å². The molecular weight excluding hydrogens is 317 g/mol. The number of β-amino-alcohol motifs (C(OH)–C–C–N with tert-alkyl or cyclic N) is 1. The molecule has 1 fully saturated rings. The van der Waals surface area contributed by atoms with Crippen LogP contribution in [0.15, 0.2) is 33.8 Å². The third-order valence-corrected chi connectivity index (χ3v) is 5.27. The first-order valence-corrected chi connectivity index (χ1v) is 7.85. The Hall–Kier alpha value is -1.97. The summed E-state index contributed by atoms with van der Waals surface area (Å²) in [4.78, 5) is 11.2. The Kier molecular flexibility index (Phi) is 3.42. The molecule has 3 rings (SSSR count). The van der Waals surface area contributed by atoms with Crippen molar-refractivity contribution in [3.63, 3.8) is 0 Å². The van der Waals surface area contributed by atoms with Crippen LogP contribution in [0.1, 0.15) is 6.42 Å². The number of halogens is 1. The molecule has 2 N–H and O–H groups in total. The Balaban J connectivity index is 2.05. The number of hydrogen-bond acceptors (Lipinski definition) is 5. The number of aliphatic carboxylic acids is 1. The van der Waals surface area contributed by atoms with E-state index in [9.17, 15) is 22.7 Å². The SMILES string of the molecule is O=C(O)[C@@H]1C[C@@H](O)CN1S(=O)(=O)c1cc2cc(F)ccc2o1. The van der Waals surface area contributed by atoms with Crippen LogP contribution in [0.25, 0.3) is 11.0 Å². The number of aliphatic hydroxyl groups is 1. The molecule has 1 aromatic heterocycles. The minimum atomic E-state index is -4.24. The van der Waals surface area contributed by atoms with Crippen LogP contribution < -0.4 is 0 Å². The lowest BCUT2D eigenvalue weighted by Gasteiger charge is -2.18. The highest BCUT2D eigenvalue weighted by Gasteiger charge is 2.44. The number of benzene rings is 1. The van der Waals surface area contributed by atoms with Crippen LogP contribution in [0.3, 0.4) is 0 Å². The van der Waals surface area contributed by atoms with Gasteiger partial charge in [0.1, 0.15) is 17.4 Å². The van der Waals surface area contributed by atoms with E-state index in [-0.39, 0.29) is 23.9 Å². The fourth-order valence-electron chi connectivity index (χ4n) is 2.51. The van der Waals surface area contributed by atoms with Crippen molar-refractivity contribution in [3.8, 4) is 0 Å². The largest absolute Gasteiger partial charge is 0.480 e. The average molecular weight is 329 g/mol. The highest BCUT2D eigenvalue weighted by Crippen LogP contribution is 2.30. The van der Waals surface area contributed by atoms with E-state index in [0.717, 1.165) is 18.2 Å². The molecule has 22 heavy (non-hydrogen) atoms. The van der Waals surface area contributed by atoms with Gasteiger partial charge in [-0.15, -0.1) is 0 Å². The van der Waals surface area contributed by atoms with Gasteiger partial charge in [0.15, 0.2) is 0 Å². The zero-order valence-electron chi connectivity index (χ0n) is 11.1. The molecule has 9 heteroatoms. The number of hydrogen-bond donors (Lipinski definition) is 2. The first-order valence-electron chi connectivity index (χ1n) is 6.41. The van der Waals surface area contributed by atoms with Gasteiger partial charge < -0.3 is 14.6 Å². The second kappa shape index (κ2) is 5.04. The maximum absolute atomic E-state index is 13.2. The van der Waals surface area contributed by atoms with Crippen molar-refractivity contribution in [1.29, 1.82) is 0 Å². The molecule has 118 valence electrons. The van der Waals surface area contributed by atoms with Crippen LogP contribution in [0.4, 0.5) is 4.39 Å². The zero-order valence-corrected chi connectivity index (χ0v) is 12.0. The van der Waals surface area contributed by atoms with Crippen molar-refractivity contribution in [1.82, 2.24) is 4.31 Å². The number of nitrogens with zero attached hydrogens (tertiary/aromatic N) is 1. The van der Waals surface area contributed by atoms with E-state index in [2.05, 4.69) is 0 Å². The summed E-state index contributed by atoms with van der Waals surface area (Å²) in [5.41, 5.74) is 0.173.